The van der Waals surface area contributed by atoms with Crippen LogP contribution in [0.3, 0.4) is 0 Å². The first-order chi connectivity index (χ1) is 9.81. The highest BCUT2D eigenvalue weighted by Gasteiger charge is 2.21. The minimum atomic E-state index is 0.398. The summed E-state index contributed by atoms with van der Waals surface area (Å²) in [5.41, 5.74) is 0. The van der Waals surface area contributed by atoms with Crippen LogP contribution in [0, 0.1) is 0 Å². The van der Waals surface area contributed by atoms with E-state index in [1.807, 2.05) is 0 Å². The number of rotatable bonds is 8. The molecule has 6 heteroatoms. The smallest absolute Gasteiger partial charge is 0.205 e. The van der Waals surface area contributed by atoms with E-state index < -0.39 is 0 Å². The Kier molecular flexibility index (Phi) is 6.69. The van der Waals surface area contributed by atoms with E-state index in [0.29, 0.717) is 6.10 Å². The summed E-state index contributed by atoms with van der Waals surface area (Å²) in [7, 11) is 0. The Labute approximate surface area is 125 Å². The van der Waals surface area contributed by atoms with Crippen molar-refractivity contribution in [1.82, 2.24) is 15.1 Å². The van der Waals surface area contributed by atoms with Gasteiger partial charge in [-0.15, -0.1) is 10.2 Å². The second-order valence-electron chi connectivity index (χ2n) is 5.30. The largest absolute Gasteiger partial charge is 0.377 e. The lowest BCUT2D eigenvalue weighted by atomic mass is 10.1. The summed E-state index contributed by atoms with van der Waals surface area (Å²) in [6.07, 6.45) is 5.01. The van der Waals surface area contributed by atoms with E-state index >= 15 is 0 Å². The molecule has 0 spiro atoms. The highest BCUT2D eigenvalue weighted by atomic mass is 32.1. The zero-order valence-corrected chi connectivity index (χ0v) is 13.4. The fourth-order valence-electron chi connectivity index (χ4n) is 2.39. The molecule has 1 fully saturated rings. The fraction of sp³-hybridized carbons (Fsp3) is 0.857. The molecule has 0 aliphatic carbocycles. The van der Waals surface area contributed by atoms with Crippen LogP contribution in [0.25, 0.3) is 0 Å². The maximum atomic E-state index is 5.87. The number of piperidine rings is 1. The summed E-state index contributed by atoms with van der Waals surface area (Å²) in [6, 6.07) is 0. The Bertz CT molecular complexity index is 385. The number of nitrogens with one attached hydrogen (secondary N) is 1. The summed E-state index contributed by atoms with van der Waals surface area (Å²) in [5.74, 6) is 0. The van der Waals surface area contributed by atoms with Crippen LogP contribution in [0.1, 0.15) is 44.5 Å². The van der Waals surface area contributed by atoms with Crippen LogP contribution in [-0.2, 0) is 11.3 Å². The summed E-state index contributed by atoms with van der Waals surface area (Å²) in [6.45, 7) is 9.22. The summed E-state index contributed by atoms with van der Waals surface area (Å²) in [5, 5.41) is 13.8. The lowest BCUT2D eigenvalue weighted by Crippen LogP contribution is -2.39. The summed E-state index contributed by atoms with van der Waals surface area (Å²) >= 11 is 1.67. The van der Waals surface area contributed by atoms with Gasteiger partial charge < -0.3 is 10.1 Å². The van der Waals surface area contributed by atoms with Gasteiger partial charge in [0.15, 0.2) is 0 Å². The molecule has 1 unspecified atom stereocenters. The number of likely N-dealkylation sites (tertiary alicyclic amines) is 1. The van der Waals surface area contributed by atoms with E-state index in [9.17, 15) is 0 Å². The Balaban J connectivity index is 1.78. The predicted octanol–water partition coefficient (Wildman–Crippen LogP) is 2.75. The van der Waals surface area contributed by atoms with Crippen LogP contribution in [0.2, 0.25) is 0 Å². The van der Waals surface area contributed by atoms with Crippen molar-refractivity contribution >= 4 is 16.5 Å². The van der Waals surface area contributed by atoms with Gasteiger partial charge in [0.1, 0.15) is 5.01 Å². The second kappa shape index (κ2) is 8.54. The maximum absolute atomic E-state index is 5.87. The number of hydrogen-bond donors (Lipinski definition) is 1. The number of hydrogen-bond acceptors (Lipinski definition) is 6. The number of nitrogens with zero attached hydrogens (tertiary/aromatic N) is 3. The minimum absolute atomic E-state index is 0.398. The van der Waals surface area contributed by atoms with E-state index in [4.69, 9.17) is 4.74 Å². The first kappa shape index (κ1) is 15.7. The van der Waals surface area contributed by atoms with Crippen LogP contribution < -0.4 is 5.32 Å². The van der Waals surface area contributed by atoms with Crippen molar-refractivity contribution in [3.05, 3.63) is 5.01 Å². The van der Waals surface area contributed by atoms with Crippen molar-refractivity contribution < 1.29 is 4.74 Å². The molecule has 1 atom stereocenters. The molecule has 1 aliphatic heterocycles. The molecule has 0 amide bonds. The number of anilines is 1. The quantitative estimate of drug-likeness (QED) is 0.800. The Morgan fingerprint density at radius 2 is 2.25 bits per heavy atom. The molecule has 20 heavy (non-hydrogen) atoms. The van der Waals surface area contributed by atoms with Crippen molar-refractivity contribution in [1.29, 1.82) is 0 Å². The second-order valence-corrected chi connectivity index (χ2v) is 6.36. The zero-order chi connectivity index (χ0) is 14.2. The molecule has 0 saturated carbocycles. The zero-order valence-electron chi connectivity index (χ0n) is 12.6. The van der Waals surface area contributed by atoms with Crippen LogP contribution in [0.4, 0.5) is 5.13 Å². The average molecular weight is 298 g/mol. The third-order valence-electron chi connectivity index (χ3n) is 3.37. The molecule has 1 N–H and O–H groups in total. The van der Waals surface area contributed by atoms with Gasteiger partial charge in [0, 0.05) is 19.7 Å². The fourth-order valence-corrected chi connectivity index (χ4v) is 3.20. The molecular weight excluding hydrogens is 272 g/mol. The van der Waals surface area contributed by atoms with E-state index in [-0.39, 0.29) is 0 Å². The molecule has 0 radical (unpaired) electrons. The summed E-state index contributed by atoms with van der Waals surface area (Å²) in [4.78, 5) is 2.44. The third kappa shape index (κ3) is 5.00. The molecule has 0 aromatic carbocycles. The van der Waals surface area contributed by atoms with Crippen molar-refractivity contribution in [3.8, 4) is 0 Å². The van der Waals surface area contributed by atoms with Crippen molar-refractivity contribution in [3.63, 3.8) is 0 Å². The molecule has 1 aromatic rings. The molecule has 114 valence electrons. The number of aromatic nitrogens is 2. The average Bonchev–Trinajstić information content (AvgIpc) is 2.91. The van der Waals surface area contributed by atoms with Crippen molar-refractivity contribution in [2.75, 3.05) is 31.6 Å². The third-order valence-corrected chi connectivity index (χ3v) is 4.24. The highest BCUT2D eigenvalue weighted by molar-refractivity contribution is 7.15. The molecule has 0 bridgehead atoms. The predicted molar refractivity (Wildman–Crippen MR) is 83.2 cm³/mol. The maximum Gasteiger partial charge on any atom is 0.205 e. The van der Waals surface area contributed by atoms with Gasteiger partial charge in [-0.3, -0.25) is 4.90 Å². The SMILES string of the molecule is CCCNc1nnc(CN2CCCC(OCCC)C2)s1. The van der Waals surface area contributed by atoms with Gasteiger partial charge in [-0.25, -0.2) is 0 Å². The Morgan fingerprint density at radius 3 is 3.05 bits per heavy atom. The molecule has 1 aromatic heterocycles. The van der Waals surface area contributed by atoms with Crippen molar-refractivity contribution in [2.24, 2.45) is 0 Å². The van der Waals surface area contributed by atoms with Crippen LogP contribution in [-0.4, -0.2) is 47.4 Å². The topological polar surface area (TPSA) is 50.3 Å². The molecule has 5 nitrogen and oxygen atoms in total. The first-order valence-electron chi connectivity index (χ1n) is 7.72. The minimum Gasteiger partial charge on any atom is -0.377 e. The van der Waals surface area contributed by atoms with Gasteiger partial charge in [-0.2, -0.15) is 0 Å². The van der Waals surface area contributed by atoms with Crippen LogP contribution in [0.5, 0.6) is 0 Å². The monoisotopic (exact) mass is 298 g/mol. The Hall–Kier alpha value is -0.720. The molecule has 1 saturated heterocycles. The van der Waals surface area contributed by atoms with Gasteiger partial charge in [0.2, 0.25) is 5.13 Å². The normalized spacial score (nSPS) is 20.2. The summed E-state index contributed by atoms with van der Waals surface area (Å²) < 4.78 is 5.87. The van der Waals surface area contributed by atoms with Gasteiger partial charge in [0.05, 0.1) is 12.6 Å². The van der Waals surface area contributed by atoms with E-state index in [0.717, 1.165) is 55.8 Å². The lowest BCUT2D eigenvalue weighted by Gasteiger charge is -2.31. The van der Waals surface area contributed by atoms with Gasteiger partial charge in [-0.1, -0.05) is 25.2 Å². The van der Waals surface area contributed by atoms with Gasteiger partial charge in [-0.05, 0) is 32.2 Å². The standard InChI is InChI=1S/C14H26N4OS/c1-3-7-15-14-17-16-13(20-14)11-18-8-5-6-12(10-18)19-9-4-2/h12H,3-11H2,1-2H3,(H,15,17). The Morgan fingerprint density at radius 1 is 1.35 bits per heavy atom. The highest BCUT2D eigenvalue weighted by Crippen LogP contribution is 2.20. The van der Waals surface area contributed by atoms with E-state index in [1.54, 1.807) is 11.3 Å². The molecule has 2 rings (SSSR count). The first-order valence-corrected chi connectivity index (χ1v) is 8.53. The van der Waals surface area contributed by atoms with E-state index in [2.05, 4.69) is 34.3 Å². The van der Waals surface area contributed by atoms with Gasteiger partial charge >= 0.3 is 0 Å². The van der Waals surface area contributed by atoms with E-state index in [1.165, 1.54) is 12.8 Å². The van der Waals surface area contributed by atoms with Crippen molar-refractivity contribution in [2.45, 2.75) is 52.2 Å². The van der Waals surface area contributed by atoms with Crippen LogP contribution in [0.15, 0.2) is 0 Å². The molecular formula is C14H26N4OS. The van der Waals surface area contributed by atoms with Crippen LogP contribution >= 0.6 is 11.3 Å². The molecule has 2 heterocycles. The lowest BCUT2D eigenvalue weighted by molar-refractivity contribution is -0.00228. The number of ether oxygens (including phenoxy) is 1. The van der Waals surface area contributed by atoms with Gasteiger partial charge in [0.25, 0.3) is 0 Å². The molecule has 1 aliphatic rings.